The maximum absolute atomic E-state index is 12.2. The van der Waals surface area contributed by atoms with Gasteiger partial charge in [0, 0.05) is 6.07 Å². The highest BCUT2D eigenvalue weighted by Gasteiger charge is 2.15. The van der Waals surface area contributed by atoms with Crippen LogP contribution in [0, 0.1) is 10.1 Å². The number of nitro groups is 1. The fraction of sp³-hybridized carbons (Fsp3) is 0.100. The lowest BCUT2D eigenvalue weighted by atomic mass is 10.1. The Morgan fingerprint density at radius 1 is 1.10 bits per heavy atom. The molecule has 0 fully saturated rings. The summed E-state index contributed by atoms with van der Waals surface area (Å²) in [6.45, 7) is 0. The number of carbonyl (C=O) groups is 1. The van der Waals surface area contributed by atoms with Crippen molar-refractivity contribution in [3.8, 4) is 22.8 Å². The van der Waals surface area contributed by atoms with Gasteiger partial charge in [0.05, 0.1) is 42.6 Å². The van der Waals surface area contributed by atoms with Crippen molar-refractivity contribution >= 4 is 17.8 Å². The summed E-state index contributed by atoms with van der Waals surface area (Å²) in [6.07, 6.45) is 1.34. The average molecular weight is 395 g/mol. The van der Waals surface area contributed by atoms with E-state index >= 15 is 0 Å². The summed E-state index contributed by atoms with van der Waals surface area (Å²) < 4.78 is 16.0. The molecule has 29 heavy (non-hydrogen) atoms. The molecule has 0 aliphatic heterocycles. The molecule has 3 aromatic rings. The summed E-state index contributed by atoms with van der Waals surface area (Å²) in [5, 5.41) is 14.8. The second-order valence-corrected chi connectivity index (χ2v) is 5.74. The van der Waals surface area contributed by atoms with Gasteiger partial charge in [0.2, 0.25) is 0 Å². The maximum atomic E-state index is 12.2. The van der Waals surface area contributed by atoms with Crippen LogP contribution in [0.3, 0.4) is 0 Å². The number of hydrazone groups is 1. The predicted octanol–water partition coefficient (Wildman–Crippen LogP) is 3.64. The third-order valence-electron chi connectivity index (χ3n) is 4.00. The van der Waals surface area contributed by atoms with Crippen LogP contribution in [0.4, 0.5) is 5.69 Å². The first kappa shape index (κ1) is 19.6. The van der Waals surface area contributed by atoms with Gasteiger partial charge in [-0.1, -0.05) is 12.1 Å². The molecule has 0 saturated carbocycles. The van der Waals surface area contributed by atoms with Crippen LogP contribution in [0.25, 0.3) is 11.3 Å². The first-order valence-electron chi connectivity index (χ1n) is 8.42. The smallest absolute Gasteiger partial charge is 0.275 e. The zero-order chi connectivity index (χ0) is 20.8. The molecule has 0 saturated heterocycles. The normalized spacial score (nSPS) is 10.7. The van der Waals surface area contributed by atoms with Crippen LogP contribution in [-0.4, -0.2) is 31.3 Å². The third kappa shape index (κ3) is 4.41. The van der Waals surface area contributed by atoms with Crippen molar-refractivity contribution in [3.05, 3.63) is 76.0 Å². The minimum absolute atomic E-state index is 0.0852. The molecule has 9 nitrogen and oxygen atoms in total. The first-order chi connectivity index (χ1) is 14.0. The quantitative estimate of drug-likeness (QED) is 0.371. The van der Waals surface area contributed by atoms with Crippen molar-refractivity contribution in [2.75, 3.05) is 14.2 Å². The second kappa shape index (κ2) is 8.70. The molecule has 0 aliphatic carbocycles. The Labute approximate surface area is 165 Å². The van der Waals surface area contributed by atoms with E-state index in [2.05, 4.69) is 10.5 Å². The lowest BCUT2D eigenvalue weighted by Crippen LogP contribution is -2.18. The molecule has 9 heteroatoms. The van der Waals surface area contributed by atoms with E-state index in [0.717, 1.165) is 0 Å². The van der Waals surface area contributed by atoms with E-state index in [1.54, 1.807) is 42.5 Å². The van der Waals surface area contributed by atoms with Gasteiger partial charge in [-0.15, -0.1) is 0 Å². The van der Waals surface area contributed by atoms with E-state index < -0.39 is 10.8 Å². The average Bonchev–Trinajstić information content (AvgIpc) is 3.21. The Balaban J connectivity index is 1.74. The van der Waals surface area contributed by atoms with Crippen LogP contribution in [0.1, 0.15) is 16.1 Å². The Morgan fingerprint density at radius 2 is 1.86 bits per heavy atom. The topological polar surface area (TPSA) is 116 Å². The van der Waals surface area contributed by atoms with Crippen molar-refractivity contribution in [1.29, 1.82) is 0 Å². The van der Waals surface area contributed by atoms with Gasteiger partial charge in [0.15, 0.2) is 0 Å². The van der Waals surface area contributed by atoms with Gasteiger partial charge in [-0.25, -0.2) is 5.43 Å². The molecule has 0 spiro atoms. The summed E-state index contributed by atoms with van der Waals surface area (Å²) in [6, 6.07) is 14.3. The van der Waals surface area contributed by atoms with Crippen LogP contribution in [0.2, 0.25) is 0 Å². The van der Waals surface area contributed by atoms with E-state index in [1.807, 2.05) is 0 Å². The second-order valence-electron chi connectivity index (χ2n) is 5.74. The van der Waals surface area contributed by atoms with Crippen LogP contribution >= 0.6 is 0 Å². The minimum atomic E-state index is -0.503. The monoisotopic (exact) mass is 395 g/mol. The molecule has 0 unspecified atom stereocenters. The maximum Gasteiger partial charge on any atom is 0.275 e. The minimum Gasteiger partial charge on any atom is -0.496 e. The van der Waals surface area contributed by atoms with Gasteiger partial charge >= 0.3 is 0 Å². The molecule has 1 amide bonds. The Morgan fingerprint density at radius 3 is 2.59 bits per heavy atom. The van der Waals surface area contributed by atoms with Crippen molar-refractivity contribution < 1.29 is 23.6 Å². The lowest BCUT2D eigenvalue weighted by molar-refractivity contribution is -0.384. The zero-order valence-electron chi connectivity index (χ0n) is 15.6. The standard InChI is InChI=1S/C20H17N3O6/c1-27-17-6-4-3-5-16(17)20(24)22-21-12-14-8-10-18(29-14)15-9-7-13(23(25)26)11-19(15)28-2/h3-12H,1-2H3,(H,22,24). The van der Waals surface area contributed by atoms with Crippen molar-refractivity contribution in [3.63, 3.8) is 0 Å². The number of hydrogen-bond donors (Lipinski definition) is 1. The fourth-order valence-electron chi connectivity index (χ4n) is 2.61. The Hall–Kier alpha value is -4.14. The molecule has 0 aliphatic rings. The third-order valence-corrected chi connectivity index (χ3v) is 4.00. The first-order valence-corrected chi connectivity index (χ1v) is 8.42. The number of methoxy groups -OCH3 is 2. The van der Waals surface area contributed by atoms with Crippen molar-refractivity contribution in [1.82, 2.24) is 5.43 Å². The number of carbonyl (C=O) groups excluding carboxylic acids is 1. The molecule has 148 valence electrons. The number of non-ortho nitro benzene ring substituents is 1. The van der Waals surface area contributed by atoms with Gasteiger partial charge < -0.3 is 13.9 Å². The van der Waals surface area contributed by atoms with Crippen molar-refractivity contribution in [2.45, 2.75) is 0 Å². The van der Waals surface area contributed by atoms with E-state index in [4.69, 9.17) is 13.9 Å². The number of nitrogens with one attached hydrogen (secondary N) is 1. The molecular formula is C20H17N3O6. The van der Waals surface area contributed by atoms with Crippen molar-refractivity contribution in [2.24, 2.45) is 5.10 Å². The summed E-state index contributed by atoms with van der Waals surface area (Å²) in [5.41, 5.74) is 3.22. The van der Waals surface area contributed by atoms with E-state index in [1.165, 1.54) is 32.6 Å². The highest BCUT2D eigenvalue weighted by Crippen LogP contribution is 2.34. The largest absolute Gasteiger partial charge is 0.496 e. The molecule has 1 N–H and O–H groups in total. The number of nitro benzene ring substituents is 1. The summed E-state index contributed by atoms with van der Waals surface area (Å²) in [4.78, 5) is 22.6. The van der Waals surface area contributed by atoms with E-state index in [0.29, 0.717) is 34.1 Å². The molecule has 0 radical (unpaired) electrons. The van der Waals surface area contributed by atoms with Crippen LogP contribution in [0.5, 0.6) is 11.5 Å². The van der Waals surface area contributed by atoms with Gasteiger partial charge in [-0.05, 0) is 30.3 Å². The predicted molar refractivity (Wildman–Crippen MR) is 105 cm³/mol. The van der Waals surface area contributed by atoms with E-state index in [-0.39, 0.29) is 5.69 Å². The summed E-state index contributed by atoms with van der Waals surface area (Å²) in [7, 11) is 2.90. The van der Waals surface area contributed by atoms with Gasteiger partial charge in [-0.2, -0.15) is 5.10 Å². The Bertz CT molecular complexity index is 1070. The Kier molecular flexibility index (Phi) is 5.88. The molecule has 1 heterocycles. The number of hydrogen-bond acceptors (Lipinski definition) is 7. The molecule has 1 aromatic heterocycles. The number of benzene rings is 2. The highest BCUT2D eigenvalue weighted by atomic mass is 16.6. The van der Waals surface area contributed by atoms with Crippen LogP contribution in [0.15, 0.2) is 64.1 Å². The van der Waals surface area contributed by atoms with Gasteiger partial charge in [-0.3, -0.25) is 14.9 Å². The molecule has 0 bridgehead atoms. The van der Waals surface area contributed by atoms with Crippen LogP contribution in [-0.2, 0) is 0 Å². The highest BCUT2D eigenvalue weighted by molar-refractivity contribution is 5.97. The zero-order valence-corrected chi connectivity index (χ0v) is 15.6. The number of para-hydroxylation sites is 1. The summed E-state index contributed by atoms with van der Waals surface area (Å²) in [5.74, 6) is 1.13. The number of ether oxygens (including phenoxy) is 2. The molecule has 0 atom stereocenters. The molecule has 2 aromatic carbocycles. The molecular weight excluding hydrogens is 378 g/mol. The molecule has 3 rings (SSSR count). The number of furan rings is 1. The van der Waals surface area contributed by atoms with Crippen LogP contribution < -0.4 is 14.9 Å². The SMILES string of the molecule is COc1ccccc1C(=O)NN=Cc1ccc(-c2ccc([N+](=O)[O-])cc2OC)o1. The van der Waals surface area contributed by atoms with E-state index in [9.17, 15) is 14.9 Å². The summed E-state index contributed by atoms with van der Waals surface area (Å²) >= 11 is 0. The lowest BCUT2D eigenvalue weighted by Gasteiger charge is -2.06. The van der Waals surface area contributed by atoms with Gasteiger partial charge in [0.25, 0.3) is 11.6 Å². The number of rotatable bonds is 7. The number of nitrogens with zero attached hydrogens (tertiary/aromatic N) is 2. The fourth-order valence-corrected chi connectivity index (χ4v) is 2.61. The van der Waals surface area contributed by atoms with Gasteiger partial charge in [0.1, 0.15) is 23.0 Å². The number of amides is 1.